The quantitative estimate of drug-likeness (QED) is 0.724. The van der Waals surface area contributed by atoms with Gasteiger partial charge >= 0.3 is 0 Å². The van der Waals surface area contributed by atoms with Gasteiger partial charge in [0.15, 0.2) is 0 Å². The van der Waals surface area contributed by atoms with E-state index in [0.717, 1.165) is 42.0 Å². The molecule has 0 atom stereocenters. The summed E-state index contributed by atoms with van der Waals surface area (Å²) in [5.74, 6) is 1.59. The van der Waals surface area contributed by atoms with Crippen LogP contribution in [0, 0.1) is 11.6 Å². The summed E-state index contributed by atoms with van der Waals surface area (Å²) in [7, 11) is 0. The van der Waals surface area contributed by atoms with Crippen LogP contribution in [0.15, 0.2) is 41.4 Å². The topological polar surface area (TPSA) is 36.4 Å². The van der Waals surface area contributed by atoms with Crippen LogP contribution in [0.2, 0.25) is 5.02 Å². The van der Waals surface area contributed by atoms with Gasteiger partial charge in [0.2, 0.25) is 0 Å². The van der Waals surface area contributed by atoms with E-state index < -0.39 is 17.2 Å². The van der Waals surface area contributed by atoms with Crippen LogP contribution in [0.3, 0.4) is 0 Å². The summed E-state index contributed by atoms with van der Waals surface area (Å²) in [6, 6.07) is 9.78. The number of anilines is 2. The molecule has 2 aliphatic heterocycles. The molecule has 1 fully saturated rings. The van der Waals surface area contributed by atoms with E-state index in [9.17, 15) is 8.78 Å². The molecule has 2 aromatic rings. The van der Waals surface area contributed by atoms with Crippen LogP contribution in [0.5, 0.6) is 0 Å². The number of fused-ring (bicyclic) bond motifs is 1. The molecule has 2 aliphatic rings. The third kappa shape index (κ3) is 3.28. The molecule has 0 amide bonds. The van der Waals surface area contributed by atoms with Crippen LogP contribution in [-0.4, -0.2) is 22.9 Å². The zero-order chi connectivity index (χ0) is 18.1. The molecule has 26 heavy (non-hydrogen) atoms. The molecule has 0 saturated carbocycles. The van der Waals surface area contributed by atoms with Crippen LogP contribution in [0.1, 0.15) is 18.4 Å². The van der Waals surface area contributed by atoms with Gasteiger partial charge < -0.3 is 10.6 Å². The van der Waals surface area contributed by atoms with Crippen LogP contribution < -0.4 is 10.6 Å². The van der Waals surface area contributed by atoms with Gasteiger partial charge in [-0.25, -0.2) is 8.78 Å². The Morgan fingerprint density at radius 1 is 1.08 bits per heavy atom. The Labute approximate surface area is 160 Å². The first kappa shape index (κ1) is 17.6. The fraction of sp³-hybridized carbons (Fsp3) is 0.316. The van der Waals surface area contributed by atoms with E-state index in [0.29, 0.717) is 17.4 Å². The normalized spacial score (nSPS) is 19.7. The van der Waals surface area contributed by atoms with Gasteiger partial charge in [0.05, 0.1) is 17.8 Å². The average molecular weight is 394 g/mol. The fourth-order valence-corrected chi connectivity index (χ4v) is 4.81. The van der Waals surface area contributed by atoms with E-state index in [1.807, 2.05) is 36.0 Å². The first-order valence-electron chi connectivity index (χ1n) is 8.48. The lowest BCUT2D eigenvalue weighted by Crippen LogP contribution is -2.55. The molecule has 1 saturated heterocycles. The van der Waals surface area contributed by atoms with Gasteiger partial charge in [-0.3, -0.25) is 4.99 Å². The van der Waals surface area contributed by atoms with E-state index in [1.165, 1.54) is 0 Å². The first-order chi connectivity index (χ1) is 12.6. The summed E-state index contributed by atoms with van der Waals surface area (Å²) in [5, 5.41) is 7.01. The minimum atomic E-state index is -0.496. The molecule has 136 valence electrons. The number of halogens is 3. The van der Waals surface area contributed by atoms with Gasteiger partial charge in [0, 0.05) is 5.02 Å². The molecule has 2 heterocycles. The van der Waals surface area contributed by atoms with E-state index in [-0.39, 0.29) is 11.4 Å². The Morgan fingerprint density at radius 3 is 2.54 bits per heavy atom. The van der Waals surface area contributed by atoms with E-state index in [1.54, 1.807) is 0 Å². The second-order valence-corrected chi connectivity index (χ2v) is 8.18. The van der Waals surface area contributed by atoms with Crippen molar-refractivity contribution < 1.29 is 8.78 Å². The van der Waals surface area contributed by atoms with Gasteiger partial charge in [-0.2, -0.15) is 11.8 Å². The Morgan fingerprint density at radius 2 is 1.81 bits per heavy atom. The lowest BCUT2D eigenvalue weighted by Gasteiger charge is -2.43. The Bertz CT molecular complexity index is 866. The predicted molar refractivity (Wildman–Crippen MR) is 105 cm³/mol. The number of aliphatic imine (C=N–C) groups is 1. The molecule has 0 aliphatic carbocycles. The molecule has 0 radical (unpaired) electrons. The van der Waals surface area contributed by atoms with Crippen LogP contribution in [0.25, 0.3) is 0 Å². The van der Waals surface area contributed by atoms with Crippen molar-refractivity contribution in [1.82, 2.24) is 0 Å². The number of hydrogen-bond acceptors (Lipinski definition) is 3. The first-order valence-corrected chi connectivity index (χ1v) is 10.0. The monoisotopic (exact) mass is 393 g/mol. The smallest absolute Gasteiger partial charge is 0.149 e. The second-order valence-electron chi connectivity index (χ2n) is 6.52. The van der Waals surface area contributed by atoms with Crippen molar-refractivity contribution in [2.75, 3.05) is 22.1 Å². The third-order valence-electron chi connectivity index (χ3n) is 4.82. The van der Waals surface area contributed by atoms with E-state index in [4.69, 9.17) is 16.6 Å². The molecule has 0 aromatic heterocycles. The third-order valence-corrected chi connectivity index (χ3v) is 6.04. The van der Waals surface area contributed by atoms with Crippen molar-refractivity contribution in [3.8, 4) is 0 Å². The highest BCUT2D eigenvalue weighted by Gasteiger charge is 2.42. The Kier molecular flexibility index (Phi) is 4.80. The SMILES string of the molecule is Fc1ccc(F)c2c1NC(=NCc1cccc(Cl)c1)C1(CCSCC1)N2. The molecule has 3 nitrogen and oxygen atoms in total. The fourth-order valence-electron chi connectivity index (χ4n) is 3.41. The standard InChI is InChI=1S/C19H18ClF2N3S/c20-13-3-1-2-12(10-13)11-23-18-19(6-8-26-9-7-19)25-17-15(22)5-4-14(21)16(17)24-18/h1-5,10,25H,6-9,11H2,(H,23,24). The molecule has 2 aromatic carbocycles. The molecular formula is C19H18ClF2N3S. The van der Waals surface area contributed by atoms with Gasteiger partial charge in [-0.1, -0.05) is 23.7 Å². The number of hydrogen-bond donors (Lipinski definition) is 2. The van der Waals surface area contributed by atoms with Crippen molar-refractivity contribution in [1.29, 1.82) is 0 Å². The maximum atomic E-state index is 14.3. The lowest BCUT2D eigenvalue weighted by atomic mass is 9.87. The molecule has 0 unspecified atom stereocenters. The summed E-state index contributed by atoms with van der Waals surface area (Å²) in [5.41, 5.74) is 0.792. The van der Waals surface area contributed by atoms with Crippen molar-refractivity contribution in [3.05, 3.63) is 58.6 Å². The minimum absolute atomic E-state index is 0.124. The molecule has 2 N–H and O–H groups in total. The summed E-state index contributed by atoms with van der Waals surface area (Å²) < 4.78 is 28.5. The minimum Gasteiger partial charge on any atom is -0.368 e. The summed E-state index contributed by atoms with van der Waals surface area (Å²) >= 11 is 7.90. The number of nitrogens with one attached hydrogen (secondary N) is 2. The summed E-state index contributed by atoms with van der Waals surface area (Å²) in [6.45, 7) is 0.422. The van der Waals surface area contributed by atoms with Gasteiger partial charge in [0.1, 0.15) is 23.2 Å². The highest BCUT2D eigenvalue weighted by atomic mass is 35.5. The van der Waals surface area contributed by atoms with Crippen molar-refractivity contribution in [2.24, 2.45) is 4.99 Å². The highest BCUT2D eigenvalue weighted by molar-refractivity contribution is 7.99. The van der Waals surface area contributed by atoms with E-state index >= 15 is 0 Å². The number of amidine groups is 1. The molecule has 1 spiro atoms. The molecular weight excluding hydrogens is 376 g/mol. The van der Waals surface area contributed by atoms with Crippen molar-refractivity contribution in [2.45, 2.75) is 24.9 Å². The largest absolute Gasteiger partial charge is 0.368 e. The summed E-state index contributed by atoms with van der Waals surface area (Å²) in [6.07, 6.45) is 1.60. The number of rotatable bonds is 2. The van der Waals surface area contributed by atoms with Gasteiger partial charge in [-0.05, 0) is 54.2 Å². The zero-order valence-electron chi connectivity index (χ0n) is 14.0. The van der Waals surface area contributed by atoms with Crippen LogP contribution >= 0.6 is 23.4 Å². The Hall–Kier alpha value is -1.79. The van der Waals surface area contributed by atoms with Crippen molar-refractivity contribution in [3.63, 3.8) is 0 Å². The van der Waals surface area contributed by atoms with E-state index in [2.05, 4.69) is 10.6 Å². The number of thioether (sulfide) groups is 1. The van der Waals surface area contributed by atoms with Crippen LogP contribution in [-0.2, 0) is 6.54 Å². The zero-order valence-corrected chi connectivity index (χ0v) is 15.6. The van der Waals surface area contributed by atoms with Gasteiger partial charge in [-0.15, -0.1) is 0 Å². The molecule has 7 heteroatoms. The second kappa shape index (κ2) is 7.08. The van der Waals surface area contributed by atoms with Crippen molar-refractivity contribution >= 4 is 40.6 Å². The lowest BCUT2D eigenvalue weighted by molar-refractivity contribution is 0.542. The van der Waals surface area contributed by atoms with Gasteiger partial charge in [0.25, 0.3) is 0 Å². The molecule has 0 bridgehead atoms. The van der Waals surface area contributed by atoms with Crippen LogP contribution in [0.4, 0.5) is 20.2 Å². The maximum absolute atomic E-state index is 14.3. The maximum Gasteiger partial charge on any atom is 0.149 e. The number of benzene rings is 2. The Balaban J connectivity index is 1.72. The predicted octanol–water partition coefficient (Wildman–Crippen LogP) is 5.32. The molecule has 4 rings (SSSR count). The highest BCUT2D eigenvalue weighted by Crippen LogP contribution is 2.41. The summed E-state index contributed by atoms with van der Waals surface area (Å²) in [4.78, 5) is 4.73. The number of nitrogens with zero attached hydrogens (tertiary/aromatic N) is 1. The average Bonchev–Trinajstić information content (AvgIpc) is 2.64.